The fraction of sp³-hybridized carbons (Fsp3) is 0.389. The van der Waals surface area contributed by atoms with Gasteiger partial charge in [0.1, 0.15) is 0 Å². The van der Waals surface area contributed by atoms with E-state index in [1.807, 2.05) is 52.0 Å². The van der Waals surface area contributed by atoms with Gasteiger partial charge in [0, 0.05) is 23.0 Å². The molecule has 1 saturated heterocycles. The Bertz CT molecular complexity index is 746. The highest BCUT2D eigenvalue weighted by Gasteiger charge is 2.51. The lowest BCUT2D eigenvalue weighted by Gasteiger charge is -2.32. The predicted molar refractivity (Wildman–Crippen MR) is 95.7 cm³/mol. The predicted octanol–water partition coefficient (Wildman–Crippen LogP) is 2.12. The van der Waals surface area contributed by atoms with Crippen molar-refractivity contribution in [2.24, 2.45) is 0 Å². The first-order chi connectivity index (χ1) is 11.2. The number of nitrogens with two attached hydrogens (primary N) is 1. The second-order valence-electron chi connectivity index (χ2n) is 7.15. The molecule has 1 fully saturated rings. The third kappa shape index (κ3) is 2.93. The van der Waals surface area contributed by atoms with Gasteiger partial charge in [-0.2, -0.15) is 0 Å². The van der Waals surface area contributed by atoms with Crippen molar-refractivity contribution in [3.8, 4) is 11.3 Å². The number of nitrogens with zero attached hydrogens (tertiary/aromatic N) is 1. The van der Waals surface area contributed by atoms with Crippen molar-refractivity contribution in [1.82, 2.24) is 4.98 Å². The van der Waals surface area contributed by atoms with Crippen molar-refractivity contribution in [2.75, 3.05) is 5.73 Å². The molecule has 1 aliphatic rings. The minimum atomic E-state index is -0.487. The molecule has 1 aromatic heterocycles. The number of aromatic nitrogens is 1. The Balaban J connectivity index is 2.02. The maximum Gasteiger partial charge on any atom is 0.494 e. The molecule has 2 aromatic rings. The largest absolute Gasteiger partial charge is 0.494 e. The van der Waals surface area contributed by atoms with E-state index < -0.39 is 18.3 Å². The van der Waals surface area contributed by atoms with E-state index in [0.29, 0.717) is 11.4 Å². The summed E-state index contributed by atoms with van der Waals surface area (Å²) in [5.41, 5.74) is 9.02. The fourth-order valence-corrected chi connectivity index (χ4v) is 2.75. The van der Waals surface area contributed by atoms with Crippen LogP contribution < -0.4 is 11.2 Å². The maximum atomic E-state index is 9.55. The molecule has 2 heterocycles. The lowest BCUT2D eigenvalue weighted by molar-refractivity contribution is 0.00578. The summed E-state index contributed by atoms with van der Waals surface area (Å²) < 4.78 is 12.2. The van der Waals surface area contributed by atoms with Gasteiger partial charge in [-0.15, -0.1) is 0 Å². The van der Waals surface area contributed by atoms with Crippen molar-refractivity contribution < 1.29 is 14.4 Å². The molecule has 0 amide bonds. The monoisotopic (exact) mass is 326 g/mol. The van der Waals surface area contributed by atoms with Crippen molar-refractivity contribution >= 4 is 18.3 Å². The van der Waals surface area contributed by atoms with E-state index in [1.54, 1.807) is 12.3 Å². The minimum absolute atomic E-state index is 0.0796. The van der Waals surface area contributed by atoms with Crippen LogP contribution >= 0.6 is 0 Å². The summed E-state index contributed by atoms with van der Waals surface area (Å²) in [6, 6.07) is 9.31. The Morgan fingerprint density at radius 1 is 1.12 bits per heavy atom. The average Bonchev–Trinajstić information content (AvgIpc) is 2.75. The summed E-state index contributed by atoms with van der Waals surface area (Å²) in [6.45, 7) is 7.99. The Morgan fingerprint density at radius 2 is 1.79 bits per heavy atom. The van der Waals surface area contributed by atoms with Crippen molar-refractivity contribution in [3.63, 3.8) is 0 Å². The van der Waals surface area contributed by atoms with Crippen LogP contribution in [0.4, 0.5) is 5.69 Å². The first kappa shape index (κ1) is 17.0. The Labute approximate surface area is 143 Å². The number of rotatable bonds is 3. The highest BCUT2D eigenvalue weighted by Crippen LogP contribution is 2.37. The van der Waals surface area contributed by atoms with Crippen LogP contribution in [0.15, 0.2) is 36.5 Å². The number of hydrogen-bond acceptors (Lipinski definition) is 5. The summed E-state index contributed by atoms with van der Waals surface area (Å²) in [5, 5.41) is 9.55. The Hall–Kier alpha value is -1.89. The summed E-state index contributed by atoms with van der Waals surface area (Å²) in [4.78, 5) is 4.39. The molecule has 1 aromatic carbocycles. The molecule has 3 rings (SSSR count). The van der Waals surface area contributed by atoms with Gasteiger partial charge in [-0.1, -0.05) is 12.1 Å². The van der Waals surface area contributed by atoms with Gasteiger partial charge in [-0.05, 0) is 51.4 Å². The number of benzene rings is 1. The van der Waals surface area contributed by atoms with Crippen LogP contribution in [-0.4, -0.2) is 28.4 Å². The van der Waals surface area contributed by atoms with Crippen LogP contribution in [0.3, 0.4) is 0 Å². The highest BCUT2D eigenvalue weighted by molar-refractivity contribution is 6.62. The van der Waals surface area contributed by atoms with Crippen LogP contribution in [0.5, 0.6) is 0 Å². The van der Waals surface area contributed by atoms with Gasteiger partial charge < -0.3 is 20.1 Å². The van der Waals surface area contributed by atoms with Gasteiger partial charge in [-0.3, -0.25) is 4.98 Å². The smallest absolute Gasteiger partial charge is 0.399 e. The van der Waals surface area contributed by atoms with Crippen molar-refractivity contribution in [2.45, 2.75) is 45.5 Å². The SMILES string of the molecule is CC1(C)OB(c2cc(N)cc(-c3ncccc3CO)c2)OC1(C)C. The third-order valence-corrected chi connectivity index (χ3v) is 4.84. The topological polar surface area (TPSA) is 77.6 Å². The van der Waals surface area contributed by atoms with Gasteiger partial charge in [0.2, 0.25) is 0 Å². The molecule has 0 saturated carbocycles. The van der Waals surface area contributed by atoms with E-state index in [1.165, 1.54) is 0 Å². The quantitative estimate of drug-likeness (QED) is 0.667. The molecule has 0 radical (unpaired) electrons. The Morgan fingerprint density at radius 3 is 2.42 bits per heavy atom. The normalized spacial score (nSPS) is 18.8. The number of aliphatic hydroxyl groups is 1. The molecule has 0 unspecified atom stereocenters. The molecule has 126 valence electrons. The summed E-state index contributed by atoms with van der Waals surface area (Å²) in [7, 11) is -0.487. The van der Waals surface area contributed by atoms with Gasteiger partial charge in [-0.25, -0.2) is 0 Å². The third-order valence-electron chi connectivity index (χ3n) is 4.84. The van der Waals surface area contributed by atoms with Gasteiger partial charge in [0.05, 0.1) is 23.5 Å². The molecule has 24 heavy (non-hydrogen) atoms. The average molecular weight is 326 g/mol. The highest BCUT2D eigenvalue weighted by atomic mass is 16.7. The van der Waals surface area contributed by atoms with Crippen LogP contribution in [-0.2, 0) is 15.9 Å². The molecule has 0 atom stereocenters. The van der Waals surface area contributed by atoms with E-state index in [-0.39, 0.29) is 6.61 Å². The molecule has 0 aliphatic carbocycles. The standard InChI is InChI=1S/C18H23BN2O3/c1-17(2)18(3,4)24-19(23-17)14-8-13(9-15(20)10-14)16-12(11-22)6-5-7-21-16/h5-10,22H,11,20H2,1-4H3. The first-order valence-electron chi connectivity index (χ1n) is 8.05. The van der Waals surface area contributed by atoms with Crippen molar-refractivity contribution in [1.29, 1.82) is 0 Å². The molecular formula is C18H23BN2O3. The van der Waals surface area contributed by atoms with E-state index in [9.17, 15) is 5.11 Å². The summed E-state index contributed by atoms with van der Waals surface area (Å²) in [5.74, 6) is 0. The van der Waals surface area contributed by atoms with Crippen LogP contribution in [0.1, 0.15) is 33.3 Å². The second-order valence-corrected chi connectivity index (χ2v) is 7.15. The number of pyridine rings is 1. The summed E-state index contributed by atoms with van der Waals surface area (Å²) >= 11 is 0. The van der Waals surface area contributed by atoms with Crippen LogP contribution in [0.25, 0.3) is 11.3 Å². The zero-order valence-corrected chi connectivity index (χ0v) is 14.5. The van der Waals surface area contributed by atoms with E-state index in [0.717, 1.165) is 16.6 Å². The van der Waals surface area contributed by atoms with Crippen LogP contribution in [0.2, 0.25) is 0 Å². The number of aliphatic hydroxyl groups excluding tert-OH is 1. The van der Waals surface area contributed by atoms with Gasteiger partial charge in [0.25, 0.3) is 0 Å². The van der Waals surface area contributed by atoms with Gasteiger partial charge in [0.15, 0.2) is 0 Å². The summed E-state index contributed by atoms with van der Waals surface area (Å²) in [6.07, 6.45) is 1.70. The molecular weight excluding hydrogens is 303 g/mol. The molecule has 0 bridgehead atoms. The molecule has 5 nitrogen and oxygen atoms in total. The fourth-order valence-electron chi connectivity index (χ4n) is 2.75. The zero-order valence-electron chi connectivity index (χ0n) is 14.5. The van der Waals surface area contributed by atoms with Crippen LogP contribution in [0, 0.1) is 0 Å². The number of anilines is 1. The molecule has 0 spiro atoms. The lowest BCUT2D eigenvalue weighted by atomic mass is 9.77. The Kier molecular flexibility index (Phi) is 4.15. The first-order valence-corrected chi connectivity index (χ1v) is 8.05. The lowest BCUT2D eigenvalue weighted by Crippen LogP contribution is -2.41. The minimum Gasteiger partial charge on any atom is -0.399 e. The number of hydrogen-bond donors (Lipinski definition) is 2. The zero-order chi connectivity index (χ0) is 17.5. The molecule has 3 N–H and O–H groups in total. The maximum absolute atomic E-state index is 9.55. The molecule has 6 heteroatoms. The molecule has 1 aliphatic heterocycles. The van der Waals surface area contributed by atoms with Crippen molar-refractivity contribution in [3.05, 3.63) is 42.1 Å². The van der Waals surface area contributed by atoms with E-state index in [4.69, 9.17) is 15.0 Å². The van der Waals surface area contributed by atoms with E-state index >= 15 is 0 Å². The van der Waals surface area contributed by atoms with E-state index in [2.05, 4.69) is 4.98 Å². The second kappa shape index (κ2) is 5.88. The van der Waals surface area contributed by atoms with Gasteiger partial charge >= 0.3 is 7.12 Å². The number of nitrogen functional groups attached to an aromatic ring is 1.